The van der Waals surface area contributed by atoms with Crippen molar-refractivity contribution in [3.05, 3.63) is 26.6 Å². The van der Waals surface area contributed by atoms with Gasteiger partial charge in [-0.15, -0.1) is 0 Å². The van der Waals surface area contributed by atoms with Crippen molar-refractivity contribution in [2.75, 3.05) is 13.1 Å². The molecule has 0 aliphatic heterocycles. The number of hydrogen-bond acceptors (Lipinski definition) is 2. The van der Waals surface area contributed by atoms with Gasteiger partial charge in [0, 0.05) is 15.5 Å². The van der Waals surface area contributed by atoms with Gasteiger partial charge in [0.15, 0.2) is 0 Å². The molecule has 20 heavy (non-hydrogen) atoms. The van der Waals surface area contributed by atoms with Crippen molar-refractivity contribution in [3.63, 3.8) is 0 Å². The zero-order valence-corrected chi connectivity index (χ0v) is 14.6. The van der Waals surface area contributed by atoms with Gasteiger partial charge in [0.1, 0.15) is 6.54 Å². The van der Waals surface area contributed by atoms with Gasteiger partial charge in [0.05, 0.1) is 4.90 Å². The van der Waals surface area contributed by atoms with Crippen LogP contribution in [0.25, 0.3) is 0 Å². The minimum Gasteiger partial charge on any atom is -0.207 e. The Labute approximate surface area is 132 Å². The fourth-order valence-corrected chi connectivity index (χ4v) is 4.60. The lowest BCUT2D eigenvalue weighted by Crippen LogP contribution is -2.38. The second-order valence-corrected chi connectivity index (χ2v) is 7.69. The summed E-state index contributed by atoms with van der Waals surface area (Å²) in [7, 11) is -4.22. The SMILES string of the molecule is CCN(CC(F)(F)F)S(=O)(=O)c1cc(Br)c(C)cc1Br. The van der Waals surface area contributed by atoms with E-state index >= 15 is 0 Å². The maximum absolute atomic E-state index is 12.5. The third kappa shape index (κ3) is 4.19. The summed E-state index contributed by atoms with van der Waals surface area (Å²) >= 11 is 6.27. The number of rotatable bonds is 4. The van der Waals surface area contributed by atoms with Crippen LogP contribution in [0.4, 0.5) is 13.2 Å². The number of hydrogen-bond donors (Lipinski definition) is 0. The molecule has 0 spiro atoms. The number of halogens is 5. The molecule has 0 aliphatic carbocycles. The third-order valence-corrected chi connectivity index (χ3v) is 6.27. The van der Waals surface area contributed by atoms with Gasteiger partial charge in [-0.2, -0.15) is 17.5 Å². The van der Waals surface area contributed by atoms with Gasteiger partial charge in [0.2, 0.25) is 10.0 Å². The zero-order chi connectivity index (χ0) is 15.7. The van der Waals surface area contributed by atoms with E-state index in [1.165, 1.54) is 13.0 Å². The van der Waals surface area contributed by atoms with Crippen LogP contribution >= 0.6 is 31.9 Å². The molecule has 3 nitrogen and oxygen atoms in total. The topological polar surface area (TPSA) is 37.4 Å². The van der Waals surface area contributed by atoms with E-state index in [4.69, 9.17) is 0 Å². The Morgan fingerprint density at radius 2 is 1.75 bits per heavy atom. The predicted molar refractivity (Wildman–Crippen MR) is 77.1 cm³/mol. The molecular weight excluding hydrogens is 427 g/mol. The second kappa shape index (κ2) is 6.33. The van der Waals surface area contributed by atoms with Crippen LogP contribution < -0.4 is 0 Å². The van der Waals surface area contributed by atoms with Crippen LogP contribution in [0.15, 0.2) is 26.0 Å². The van der Waals surface area contributed by atoms with Gasteiger partial charge in [0.25, 0.3) is 0 Å². The number of alkyl halides is 3. The molecule has 1 rings (SSSR count). The van der Waals surface area contributed by atoms with Crippen molar-refractivity contribution in [2.45, 2.75) is 24.9 Å². The van der Waals surface area contributed by atoms with E-state index in [0.717, 1.165) is 5.56 Å². The maximum Gasteiger partial charge on any atom is 0.402 e. The molecular formula is C11H12Br2F3NO2S. The van der Waals surface area contributed by atoms with E-state index in [0.29, 0.717) is 8.78 Å². The highest BCUT2D eigenvalue weighted by atomic mass is 79.9. The Balaban J connectivity index is 3.31. The minimum atomic E-state index is -4.59. The molecule has 0 radical (unpaired) electrons. The molecule has 0 bridgehead atoms. The van der Waals surface area contributed by atoms with Crippen LogP contribution in [0.2, 0.25) is 0 Å². The van der Waals surface area contributed by atoms with Gasteiger partial charge in [-0.1, -0.05) is 22.9 Å². The van der Waals surface area contributed by atoms with Crippen molar-refractivity contribution in [2.24, 2.45) is 0 Å². The van der Waals surface area contributed by atoms with Crippen LogP contribution in [-0.4, -0.2) is 32.0 Å². The lowest BCUT2D eigenvalue weighted by molar-refractivity contribution is -0.135. The second-order valence-electron chi connectivity index (χ2n) is 4.08. The molecule has 0 N–H and O–H groups in total. The van der Waals surface area contributed by atoms with Crippen molar-refractivity contribution < 1.29 is 21.6 Å². The molecule has 1 aromatic rings. The largest absolute Gasteiger partial charge is 0.402 e. The molecule has 0 saturated heterocycles. The van der Waals surface area contributed by atoms with Crippen molar-refractivity contribution >= 4 is 41.9 Å². The Morgan fingerprint density at radius 3 is 2.20 bits per heavy atom. The summed E-state index contributed by atoms with van der Waals surface area (Å²) in [6.07, 6.45) is -4.59. The normalized spacial score (nSPS) is 13.0. The molecule has 0 atom stereocenters. The first-order valence-corrected chi connectivity index (χ1v) is 8.54. The van der Waals surface area contributed by atoms with Crippen molar-refractivity contribution in [1.82, 2.24) is 4.31 Å². The van der Waals surface area contributed by atoms with E-state index in [9.17, 15) is 21.6 Å². The highest BCUT2D eigenvalue weighted by Gasteiger charge is 2.37. The van der Waals surface area contributed by atoms with Gasteiger partial charge in [-0.25, -0.2) is 8.42 Å². The van der Waals surface area contributed by atoms with Crippen LogP contribution in [0, 0.1) is 6.92 Å². The summed E-state index contributed by atoms with van der Waals surface area (Å²) in [6.45, 7) is 1.34. The van der Waals surface area contributed by atoms with E-state index in [1.54, 1.807) is 13.0 Å². The molecule has 1 aromatic carbocycles. The molecule has 9 heteroatoms. The maximum atomic E-state index is 12.5. The lowest BCUT2D eigenvalue weighted by atomic mass is 10.2. The fourth-order valence-electron chi connectivity index (χ4n) is 1.53. The number of benzene rings is 1. The van der Waals surface area contributed by atoms with Crippen molar-refractivity contribution in [1.29, 1.82) is 0 Å². The smallest absolute Gasteiger partial charge is 0.207 e. The number of aryl methyl sites for hydroxylation is 1. The monoisotopic (exact) mass is 437 g/mol. The molecule has 0 aromatic heterocycles. The predicted octanol–water partition coefficient (Wildman–Crippen LogP) is 4.09. The van der Waals surface area contributed by atoms with Crippen molar-refractivity contribution in [3.8, 4) is 0 Å². The summed E-state index contributed by atoms with van der Waals surface area (Å²) in [4.78, 5) is -0.193. The third-order valence-electron chi connectivity index (χ3n) is 2.54. The summed E-state index contributed by atoms with van der Waals surface area (Å²) in [5, 5.41) is 0. The van der Waals surface area contributed by atoms with Gasteiger partial charge >= 0.3 is 6.18 Å². The standard InChI is InChI=1S/C11H12Br2F3NO2S/c1-3-17(6-11(14,15)16)20(18,19)10-5-8(12)7(2)4-9(10)13/h4-5H,3,6H2,1-2H3. The Bertz CT molecular complexity index is 602. The molecule has 0 heterocycles. The summed E-state index contributed by atoms with van der Waals surface area (Å²) in [5.74, 6) is 0. The van der Waals surface area contributed by atoms with Crippen LogP contribution in [-0.2, 0) is 10.0 Å². The van der Waals surface area contributed by atoms with E-state index in [2.05, 4.69) is 31.9 Å². The van der Waals surface area contributed by atoms with Gasteiger partial charge in [-0.3, -0.25) is 0 Å². The highest BCUT2D eigenvalue weighted by Crippen LogP contribution is 2.31. The molecule has 0 fully saturated rings. The average molecular weight is 439 g/mol. The summed E-state index contributed by atoms with van der Waals surface area (Å²) < 4.78 is 63.1. The van der Waals surface area contributed by atoms with Gasteiger partial charge < -0.3 is 0 Å². The minimum absolute atomic E-state index is 0.193. The van der Waals surface area contributed by atoms with Crippen LogP contribution in [0.1, 0.15) is 12.5 Å². The molecule has 0 amide bonds. The first-order chi connectivity index (χ1) is 8.99. The summed E-state index contributed by atoms with van der Waals surface area (Å²) in [6, 6.07) is 2.84. The number of nitrogens with zero attached hydrogens (tertiary/aromatic N) is 1. The zero-order valence-electron chi connectivity index (χ0n) is 10.6. The Morgan fingerprint density at radius 1 is 1.20 bits per heavy atom. The first-order valence-electron chi connectivity index (χ1n) is 5.51. The fraction of sp³-hybridized carbons (Fsp3) is 0.455. The van der Waals surface area contributed by atoms with Crippen LogP contribution in [0.3, 0.4) is 0 Å². The Hall–Kier alpha value is -0.120. The number of sulfonamides is 1. The highest BCUT2D eigenvalue weighted by molar-refractivity contribution is 9.11. The Kier molecular flexibility index (Phi) is 5.67. The van der Waals surface area contributed by atoms with E-state index in [-0.39, 0.29) is 15.9 Å². The summed E-state index contributed by atoms with van der Waals surface area (Å²) in [5.41, 5.74) is 0.773. The van der Waals surface area contributed by atoms with Gasteiger partial charge in [-0.05, 0) is 40.5 Å². The van der Waals surface area contributed by atoms with E-state index < -0.39 is 22.7 Å². The quantitative estimate of drug-likeness (QED) is 0.709. The first kappa shape index (κ1) is 17.9. The lowest BCUT2D eigenvalue weighted by Gasteiger charge is -2.22. The molecule has 0 aliphatic rings. The molecule has 0 saturated carbocycles. The molecule has 0 unspecified atom stereocenters. The van der Waals surface area contributed by atoms with E-state index in [1.807, 2.05) is 0 Å². The molecule has 114 valence electrons. The average Bonchev–Trinajstić information content (AvgIpc) is 2.29. The van der Waals surface area contributed by atoms with Crippen LogP contribution in [0.5, 0.6) is 0 Å².